The fourth-order valence-electron chi connectivity index (χ4n) is 2.03. The highest BCUT2D eigenvalue weighted by atomic mass is 15.3. The Morgan fingerprint density at radius 2 is 2.00 bits per heavy atom. The van der Waals surface area contributed by atoms with Crippen LogP contribution in [0.2, 0.25) is 0 Å². The Morgan fingerprint density at radius 3 is 2.65 bits per heavy atom. The molecular formula is C14H15N3. The lowest BCUT2D eigenvalue weighted by Gasteiger charge is -2.10. The zero-order valence-corrected chi connectivity index (χ0v) is 10.1. The largest absolute Gasteiger partial charge is 0.236 e. The maximum absolute atomic E-state index is 9.03. The molecule has 0 aliphatic rings. The summed E-state index contributed by atoms with van der Waals surface area (Å²) in [4.78, 5) is 0. The molecule has 1 aromatic heterocycles. The van der Waals surface area contributed by atoms with E-state index in [2.05, 4.69) is 24.2 Å². The Hall–Kier alpha value is -2.08. The van der Waals surface area contributed by atoms with Crippen molar-refractivity contribution in [2.45, 2.75) is 26.7 Å². The zero-order chi connectivity index (χ0) is 12.3. The molecule has 0 spiro atoms. The average Bonchev–Trinajstić information content (AvgIpc) is 2.81. The highest BCUT2D eigenvalue weighted by Crippen LogP contribution is 2.19. The predicted octanol–water partition coefficient (Wildman–Crippen LogP) is 2.87. The van der Waals surface area contributed by atoms with E-state index >= 15 is 0 Å². The van der Waals surface area contributed by atoms with Crippen LogP contribution in [-0.2, 0) is 12.8 Å². The topological polar surface area (TPSA) is 41.6 Å². The van der Waals surface area contributed by atoms with Crippen molar-refractivity contribution in [2.24, 2.45) is 0 Å². The Kier molecular flexibility index (Phi) is 3.24. The van der Waals surface area contributed by atoms with Crippen molar-refractivity contribution in [1.29, 1.82) is 5.26 Å². The number of aromatic nitrogens is 2. The summed E-state index contributed by atoms with van der Waals surface area (Å²) in [5.41, 5.74) is 3.97. The van der Waals surface area contributed by atoms with Crippen LogP contribution in [0.3, 0.4) is 0 Å². The van der Waals surface area contributed by atoms with E-state index in [1.165, 1.54) is 5.56 Å². The first-order valence-corrected chi connectivity index (χ1v) is 5.87. The number of rotatable bonds is 3. The molecule has 1 heterocycles. The van der Waals surface area contributed by atoms with E-state index in [-0.39, 0.29) is 0 Å². The molecule has 2 rings (SSSR count). The maximum Gasteiger partial charge on any atom is 0.103 e. The summed E-state index contributed by atoms with van der Waals surface area (Å²) < 4.78 is 1.89. The fraction of sp³-hybridized carbons (Fsp3) is 0.286. The summed E-state index contributed by atoms with van der Waals surface area (Å²) >= 11 is 0. The van der Waals surface area contributed by atoms with Crippen LogP contribution in [0.4, 0.5) is 0 Å². The molecule has 0 saturated carbocycles. The van der Waals surface area contributed by atoms with Crippen molar-refractivity contribution in [2.75, 3.05) is 0 Å². The van der Waals surface area contributed by atoms with Crippen LogP contribution in [0.1, 0.15) is 30.7 Å². The van der Waals surface area contributed by atoms with Gasteiger partial charge in [0.2, 0.25) is 0 Å². The average molecular weight is 225 g/mol. The zero-order valence-electron chi connectivity index (χ0n) is 10.1. The van der Waals surface area contributed by atoms with E-state index in [1.54, 1.807) is 6.20 Å². The Labute approximate surface area is 101 Å². The van der Waals surface area contributed by atoms with E-state index in [4.69, 9.17) is 5.26 Å². The van der Waals surface area contributed by atoms with E-state index in [0.29, 0.717) is 5.56 Å². The molecule has 0 aliphatic heterocycles. The summed E-state index contributed by atoms with van der Waals surface area (Å²) in [6.07, 6.45) is 3.41. The Balaban J connectivity index is 2.61. The minimum atomic E-state index is 0.665. The van der Waals surface area contributed by atoms with Gasteiger partial charge in [0.05, 0.1) is 23.1 Å². The van der Waals surface area contributed by atoms with Gasteiger partial charge in [-0.2, -0.15) is 10.4 Å². The molecule has 0 radical (unpaired) electrons. The van der Waals surface area contributed by atoms with Crippen LogP contribution < -0.4 is 0 Å². The first-order chi connectivity index (χ1) is 8.31. The van der Waals surface area contributed by atoms with Crippen molar-refractivity contribution >= 4 is 0 Å². The van der Waals surface area contributed by atoms with Gasteiger partial charge in [0.15, 0.2) is 0 Å². The lowest BCUT2D eigenvalue weighted by molar-refractivity contribution is 0.802. The molecule has 1 aromatic carbocycles. The molecule has 0 atom stereocenters. The van der Waals surface area contributed by atoms with Crippen LogP contribution in [0.15, 0.2) is 30.5 Å². The molecule has 0 N–H and O–H groups in total. The third-order valence-corrected chi connectivity index (χ3v) is 2.92. The molecule has 0 unspecified atom stereocenters. The summed E-state index contributed by atoms with van der Waals surface area (Å²) in [6.45, 7) is 4.17. The van der Waals surface area contributed by atoms with Gasteiger partial charge in [0.1, 0.15) is 6.07 Å². The number of hydrogen-bond donors (Lipinski definition) is 0. The number of nitriles is 1. The minimum absolute atomic E-state index is 0.665. The third kappa shape index (κ3) is 1.94. The second-order valence-corrected chi connectivity index (χ2v) is 3.86. The van der Waals surface area contributed by atoms with E-state index in [0.717, 1.165) is 24.2 Å². The normalized spacial score (nSPS) is 10.2. The molecule has 0 bridgehead atoms. The lowest BCUT2D eigenvalue weighted by Crippen LogP contribution is -2.05. The molecular weight excluding hydrogens is 210 g/mol. The highest BCUT2D eigenvalue weighted by molar-refractivity contribution is 5.44. The molecule has 3 heteroatoms. The smallest absolute Gasteiger partial charge is 0.103 e. The third-order valence-electron chi connectivity index (χ3n) is 2.92. The van der Waals surface area contributed by atoms with E-state index in [9.17, 15) is 0 Å². The second-order valence-electron chi connectivity index (χ2n) is 3.86. The quantitative estimate of drug-likeness (QED) is 0.806. The van der Waals surface area contributed by atoms with E-state index < -0.39 is 0 Å². The monoisotopic (exact) mass is 225 g/mol. The van der Waals surface area contributed by atoms with Gasteiger partial charge in [-0.3, -0.25) is 0 Å². The molecule has 2 aromatic rings. The number of nitrogens with zero attached hydrogens (tertiary/aromatic N) is 3. The van der Waals surface area contributed by atoms with Crippen LogP contribution in [-0.4, -0.2) is 9.78 Å². The number of aryl methyl sites for hydroxylation is 1. The van der Waals surface area contributed by atoms with Gasteiger partial charge in [-0.1, -0.05) is 32.0 Å². The van der Waals surface area contributed by atoms with Gasteiger partial charge in [0, 0.05) is 0 Å². The molecule has 0 amide bonds. The number of para-hydroxylation sites is 1. The Bertz CT molecular complexity index is 561. The van der Waals surface area contributed by atoms with Gasteiger partial charge >= 0.3 is 0 Å². The highest BCUT2D eigenvalue weighted by Gasteiger charge is 2.11. The van der Waals surface area contributed by atoms with Crippen LogP contribution in [0.25, 0.3) is 5.69 Å². The number of benzene rings is 1. The second kappa shape index (κ2) is 4.84. The van der Waals surface area contributed by atoms with Gasteiger partial charge in [-0.25, -0.2) is 4.68 Å². The van der Waals surface area contributed by atoms with Crippen molar-refractivity contribution < 1.29 is 0 Å². The maximum atomic E-state index is 9.03. The van der Waals surface area contributed by atoms with Gasteiger partial charge < -0.3 is 0 Å². The molecule has 86 valence electrons. The van der Waals surface area contributed by atoms with Crippen LogP contribution in [0.5, 0.6) is 0 Å². The van der Waals surface area contributed by atoms with Gasteiger partial charge in [-0.05, 0) is 24.5 Å². The summed E-state index contributed by atoms with van der Waals surface area (Å²) in [7, 11) is 0. The van der Waals surface area contributed by atoms with E-state index in [1.807, 2.05) is 29.8 Å². The SMILES string of the molecule is CCc1ccccc1-n1ncc(C#N)c1CC. The standard InChI is InChI=1S/C14H15N3/c1-3-11-7-5-6-8-14(11)17-13(4-2)12(9-15)10-16-17/h5-8,10H,3-4H2,1-2H3. The first kappa shape index (κ1) is 11.4. The van der Waals surface area contributed by atoms with Crippen molar-refractivity contribution in [3.63, 3.8) is 0 Å². The first-order valence-electron chi connectivity index (χ1n) is 5.87. The summed E-state index contributed by atoms with van der Waals surface area (Å²) in [5, 5.41) is 13.4. The van der Waals surface area contributed by atoms with Gasteiger partial charge in [0.25, 0.3) is 0 Å². The Morgan fingerprint density at radius 1 is 1.24 bits per heavy atom. The molecule has 0 saturated heterocycles. The van der Waals surface area contributed by atoms with Crippen LogP contribution >= 0.6 is 0 Å². The number of hydrogen-bond acceptors (Lipinski definition) is 2. The summed E-state index contributed by atoms with van der Waals surface area (Å²) in [5.74, 6) is 0. The minimum Gasteiger partial charge on any atom is -0.236 e. The van der Waals surface area contributed by atoms with Crippen molar-refractivity contribution in [1.82, 2.24) is 9.78 Å². The molecule has 0 aliphatic carbocycles. The molecule has 3 nitrogen and oxygen atoms in total. The summed E-state index contributed by atoms with van der Waals surface area (Å²) in [6, 6.07) is 10.4. The van der Waals surface area contributed by atoms with Gasteiger partial charge in [-0.15, -0.1) is 0 Å². The van der Waals surface area contributed by atoms with Crippen molar-refractivity contribution in [3.05, 3.63) is 47.3 Å². The van der Waals surface area contributed by atoms with Crippen molar-refractivity contribution in [3.8, 4) is 11.8 Å². The predicted molar refractivity (Wildman–Crippen MR) is 67.0 cm³/mol. The fourth-order valence-corrected chi connectivity index (χ4v) is 2.03. The molecule has 0 fully saturated rings. The lowest BCUT2D eigenvalue weighted by atomic mass is 10.1. The molecule has 17 heavy (non-hydrogen) atoms. The van der Waals surface area contributed by atoms with Crippen LogP contribution in [0, 0.1) is 11.3 Å².